The molecule has 15 heavy (non-hydrogen) atoms. The van der Waals surface area contributed by atoms with E-state index >= 15 is 0 Å². The molecule has 1 unspecified atom stereocenters. The fourth-order valence-electron chi connectivity index (χ4n) is 1.35. The molecule has 0 radical (unpaired) electrons. The molecule has 0 bridgehead atoms. The molecule has 0 saturated carbocycles. The van der Waals surface area contributed by atoms with Crippen molar-refractivity contribution in [2.24, 2.45) is 7.05 Å². The predicted octanol–water partition coefficient (Wildman–Crippen LogP) is 0.380. The summed E-state index contributed by atoms with van der Waals surface area (Å²) in [5.41, 5.74) is 2.02. The van der Waals surface area contributed by atoms with Crippen molar-refractivity contribution in [3.05, 3.63) is 17.5 Å². The van der Waals surface area contributed by atoms with Crippen LogP contribution in [-0.2, 0) is 23.1 Å². The van der Waals surface area contributed by atoms with Crippen molar-refractivity contribution in [1.82, 2.24) is 15.1 Å². The molecule has 1 N–H and O–H groups in total. The van der Waals surface area contributed by atoms with E-state index in [4.69, 9.17) is 0 Å². The van der Waals surface area contributed by atoms with Crippen LogP contribution in [0.2, 0.25) is 0 Å². The van der Waals surface area contributed by atoms with Gasteiger partial charge in [-0.15, -0.1) is 0 Å². The molecule has 1 aromatic heterocycles. The Hall–Kier alpha value is -1.36. The van der Waals surface area contributed by atoms with Crippen molar-refractivity contribution >= 4 is 5.97 Å². The van der Waals surface area contributed by atoms with E-state index in [1.165, 1.54) is 7.11 Å². The summed E-state index contributed by atoms with van der Waals surface area (Å²) in [6.07, 6.45) is 0. The number of nitrogens with one attached hydrogen (secondary N) is 1. The highest BCUT2D eigenvalue weighted by molar-refractivity contribution is 5.75. The third kappa shape index (κ3) is 3.06. The Bertz CT molecular complexity index is 346. The number of carbonyl (C=O) groups is 1. The first-order valence-corrected chi connectivity index (χ1v) is 4.85. The van der Waals surface area contributed by atoms with Crippen molar-refractivity contribution in [1.29, 1.82) is 0 Å². The van der Waals surface area contributed by atoms with Crippen molar-refractivity contribution < 1.29 is 9.53 Å². The van der Waals surface area contributed by atoms with Gasteiger partial charge in [-0.3, -0.25) is 14.8 Å². The van der Waals surface area contributed by atoms with E-state index in [2.05, 4.69) is 15.2 Å². The topological polar surface area (TPSA) is 56.1 Å². The number of hydrogen-bond donors (Lipinski definition) is 1. The minimum Gasteiger partial charge on any atom is -0.468 e. The second-order valence-electron chi connectivity index (χ2n) is 3.53. The Morgan fingerprint density at radius 3 is 2.87 bits per heavy atom. The van der Waals surface area contributed by atoms with E-state index < -0.39 is 0 Å². The van der Waals surface area contributed by atoms with Crippen LogP contribution in [0.3, 0.4) is 0 Å². The lowest BCUT2D eigenvalue weighted by Gasteiger charge is -2.10. The third-order valence-corrected chi connectivity index (χ3v) is 2.24. The Kier molecular flexibility index (Phi) is 3.85. The van der Waals surface area contributed by atoms with Crippen LogP contribution in [0, 0.1) is 6.92 Å². The smallest absolute Gasteiger partial charge is 0.322 e. The average Bonchev–Trinajstić information content (AvgIpc) is 2.52. The minimum atomic E-state index is -0.301. The van der Waals surface area contributed by atoms with Gasteiger partial charge in [0.15, 0.2) is 0 Å². The number of nitrogens with zero attached hydrogens (tertiary/aromatic N) is 2. The molecule has 1 heterocycles. The van der Waals surface area contributed by atoms with Gasteiger partial charge in [0.25, 0.3) is 0 Å². The highest BCUT2D eigenvalue weighted by atomic mass is 16.5. The molecule has 84 valence electrons. The largest absolute Gasteiger partial charge is 0.468 e. The van der Waals surface area contributed by atoms with E-state index in [0.29, 0.717) is 6.54 Å². The van der Waals surface area contributed by atoms with Gasteiger partial charge in [-0.05, 0) is 19.9 Å². The molecule has 1 rings (SSSR count). The van der Waals surface area contributed by atoms with Crippen LogP contribution < -0.4 is 5.32 Å². The Morgan fingerprint density at radius 1 is 1.73 bits per heavy atom. The first-order chi connectivity index (χ1) is 7.04. The van der Waals surface area contributed by atoms with Crippen molar-refractivity contribution in [2.75, 3.05) is 7.11 Å². The number of aromatic nitrogens is 2. The summed E-state index contributed by atoms with van der Waals surface area (Å²) in [5.74, 6) is -0.256. The Balaban J connectivity index is 2.50. The second-order valence-corrected chi connectivity index (χ2v) is 3.53. The molecule has 0 fully saturated rings. The van der Waals surface area contributed by atoms with Gasteiger partial charge in [0.05, 0.1) is 18.5 Å². The summed E-state index contributed by atoms with van der Waals surface area (Å²) in [4.78, 5) is 11.1. The fourth-order valence-corrected chi connectivity index (χ4v) is 1.35. The summed E-state index contributed by atoms with van der Waals surface area (Å²) < 4.78 is 6.41. The maximum absolute atomic E-state index is 11.1. The first-order valence-electron chi connectivity index (χ1n) is 4.85. The number of methoxy groups -OCH3 is 1. The summed E-state index contributed by atoms with van der Waals surface area (Å²) in [7, 11) is 3.27. The molecular weight excluding hydrogens is 194 g/mol. The first kappa shape index (κ1) is 11.7. The summed E-state index contributed by atoms with van der Waals surface area (Å²) >= 11 is 0. The van der Waals surface area contributed by atoms with Gasteiger partial charge in [-0.25, -0.2) is 0 Å². The van der Waals surface area contributed by atoms with Crippen molar-refractivity contribution in [2.45, 2.75) is 26.4 Å². The van der Waals surface area contributed by atoms with Crippen LogP contribution in [0.1, 0.15) is 18.3 Å². The molecule has 0 spiro atoms. The molecule has 5 heteroatoms. The Labute approximate surface area is 89.4 Å². The van der Waals surface area contributed by atoms with Gasteiger partial charge < -0.3 is 4.74 Å². The molecule has 0 amide bonds. The lowest BCUT2D eigenvalue weighted by molar-refractivity contribution is -0.142. The van der Waals surface area contributed by atoms with Crippen LogP contribution in [0.4, 0.5) is 0 Å². The normalized spacial score (nSPS) is 12.5. The highest BCUT2D eigenvalue weighted by Crippen LogP contribution is 2.01. The zero-order chi connectivity index (χ0) is 11.4. The van der Waals surface area contributed by atoms with Gasteiger partial charge in [0, 0.05) is 13.6 Å². The standard InChI is InChI=1S/C10H17N3O2/c1-7-5-9(13(3)12-7)6-11-8(2)10(14)15-4/h5,8,11H,6H2,1-4H3. The maximum atomic E-state index is 11.1. The number of esters is 1. The lowest BCUT2D eigenvalue weighted by Crippen LogP contribution is -2.34. The van der Waals surface area contributed by atoms with Gasteiger partial charge >= 0.3 is 5.97 Å². The van der Waals surface area contributed by atoms with Crippen LogP contribution in [0.15, 0.2) is 6.07 Å². The molecule has 0 aromatic carbocycles. The SMILES string of the molecule is COC(=O)C(C)NCc1cc(C)nn1C. The molecule has 0 saturated heterocycles. The van der Waals surface area contributed by atoms with Gasteiger partial charge in [0.1, 0.15) is 6.04 Å². The zero-order valence-electron chi connectivity index (χ0n) is 9.57. The minimum absolute atomic E-state index is 0.256. The van der Waals surface area contributed by atoms with Crippen LogP contribution in [0.25, 0.3) is 0 Å². The lowest BCUT2D eigenvalue weighted by atomic mass is 10.3. The quantitative estimate of drug-likeness (QED) is 0.731. The zero-order valence-corrected chi connectivity index (χ0v) is 9.57. The third-order valence-electron chi connectivity index (χ3n) is 2.24. The summed E-state index contributed by atoms with van der Waals surface area (Å²) in [6.45, 7) is 4.32. The van der Waals surface area contributed by atoms with Crippen molar-refractivity contribution in [3.8, 4) is 0 Å². The van der Waals surface area contributed by atoms with Crippen molar-refractivity contribution in [3.63, 3.8) is 0 Å². The average molecular weight is 211 g/mol. The van der Waals surface area contributed by atoms with E-state index in [1.54, 1.807) is 11.6 Å². The summed E-state index contributed by atoms with van der Waals surface area (Å²) in [5, 5.41) is 7.28. The number of carbonyl (C=O) groups excluding carboxylic acids is 1. The molecule has 0 aliphatic carbocycles. The van der Waals surface area contributed by atoms with Gasteiger partial charge in [-0.2, -0.15) is 5.10 Å². The number of ether oxygens (including phenoxy) is 1. The monoisotopic (exact) mass is 211 g/mol. The molecule has 0 aliphatic rings. The second kappa shape index (κ2) is 4.93. The Morgan fingerprint density at radius 2 is 2.40 bits per heavy atom. The predicted molar refractivity (Wildman–Crippen MR) is 56.3 cm³/mol. The van der Waals surface area contributed by atoms with E-state index in [-0.39, 0.29) is 12.0 Å². The molecule has 1 atom stereocenters. The van der Waals surface area contributed by atoms with Gasteiger partial charge in [0.2, 0.25) is 0 Å². The molecule has 5 nitrogen and oxygen atoms in total. The van der Waals surface area contributed by atoms with Gasteiger partial charge in [-0.1, -0.05) is 0 Å². The van der Waals surface area contributed by atoms with E-state index in [0.717, 1.165) is 11.4 Å². The van der Waals surface area contributed by atoms with E-state index in [1.807, 2.05) is 20.0 Å². The van der Waals surface area contributed by atoms with Crippen LogP contribution in [0.5, 0.6) is 0 Å². The number of rotatable bonds is 4. The number of hydrogen-bond acceptors (Lipinski definition) is 4. The summed E-state index contributed by atoms with van der Waals surface area (Å²) in [6, 6.07) is 1.68. The maximum Gasteiger partial charge on any atom is 0.322 e. The molecule has 0 aliphatic heterocycles. The molecule has 1 aromatic rings. The van der Waals surface area contributed by atoms with E-state index in [9.17, 15) is 4.79 Å². The van der Waals surface area contributed by atoms with Crippen LogP contribution in [-0.4, -0.2) is 28.9 Å². The molecular formula is C10H17N3O2. The number of aryl methyl sites for hydroxylation is 2. The highest BCUT2D eigenvalue weighted by Gasteiger charge is 2.12. The van der Waals surface area contributed by atoms with Crippen LogP contribution >= 0.6 is 0 Å². The fraction of sp³-hybridized carbons (Fsp3) is 0.600.